The molecule has 1 rings (SSSR count). The molecule has 0 heterocycles. The lowest BCUT2D eigenvalue weighted by molar-refractivity contribution is 0.695. The first-order chi connectivity index (χ1) is 5.43. The molecule has 1 aromatic rings. The third-order valence-corrected chi connectivity index (χ3v) is 1.44. The van der Waals surface area contributed by atoms with E-state index in [1.165, 1.54) is 5.56 Å². The second-order valence-electron chi connectivity index (χ2n) is 2.37. The molecule has 11 heavy (non-hydrogen) atoms. The molecule has 3 N–H and O–H groups in total. The fourth-order valence-electron chi connectivity index (χ4n) is 0.874. The van der Waals surface area contributed by atoms with Gasteiger partial charge in [0.1, 0.15) is 0 Å². The molecule has 0 amide bonds. The number of nitrogens with two attached hydrogens (primary N) is 1. The molecule has 0 aliphatic carbocycles. The Bertz CT molecular complexity index is 184. The van der Waals surface area contributed by atoms with Crippen LogP contribution in [-0.2, 0) is 6.54 Å². The lowest BCUT2D eigenvalue weighted by Gasteiger charge is -2.01. The van der Waals surface area contributed by atoms with E-state index in [0.29, 0.717) is 6.54 Å². The van der Waals surface area contributed by atoms with E-state index in [2.05, 4.69) is 11.4 Å². The molecule has 1 radical (unpaired) electrons. The first kappa shape index (κ1) is 8.24. The summed E-state index contributed by atoms with van der Waals surface area (Å²) >= 11 is 0. The van der Waals surface area contributed by atoms with E-state index in [9.17, 15) is 0 Å². The van der Waals surface area contributed by atoms with E-state index in [1.54, 1.807) is 0 Å². The third-order valence-electron chi connectivity index (χ3n) is 1.44. The van der Waals surface area contributed by atoms with Gasteiger partial charge in [-0.2, -0.15) is 0 Å². The van der Waals surface area contributed by atoms with Crippen molar-refractivity contribution in [3.05, 3.63) is 35.9 Å². The van der Waals surface area contributed by atoms with Crippen molar-refractivity contribution in [2.75, 3.05) is 13.1 Å². The van der Waals surface area contributed by atoms with Crippen molar-refractivity contribution in [3.8, 4) is 0 Å². The van der Waals surface area contributed by atoms with Crippen LogP contribution in [-0.4, -0.2) is 13.1 Å². The Morgan fingerprint density at radius 1 is 1.36 bits per heavy atom. The fraction of sp³-hybridized carbons (Fsp3) is 0.333. The Morgan fingerprint density at radius 2 is 2.09 bits per heavy atom. The van der Waals surface area contributed by atoms with Gasteiger partial charge in [0.2, 0.25) is 0 Å². The van der Waals surface area contributed by atoms with Crippen molar-refractivity contribution < 1.29 is 0 Å². The first-order valence-electron chi connectivity index (χ1n) is 3.79. The monoisotopic (exact) mass is 149 g/mol. The zero-order valence-corrected chi connectivity index (χ0v) is 6.51. The van der Waals surface area contributed by atoms with Crippen molar-refractivity contribution in [3.63, 3.8) is 0 Å². The molecule has 0 fully saturated rings. The van der Waals surface area contributed by atoms with Crippen LogP contribution in [0.4, 0.5) is 0 Å². The normalized spacial score (nSPS) is 9.91. The highest BCUT2D eigenvalue weighted by Crippen LogP contribution is 1.95. The Balaban J connectivity index is 2.28. The first-order valence-corrected chi connectivity index (χ1v) is 3.79. The van der Waals surface area contributed by atoms with E-state index >= 15 is 0 Å². The summed E-state index contributed by atoms with van der Waals surface area (Å²) in [6, 6.07) is 10.9. The summed E-state index contributed by atoms with van der Waals surface area (Å²) in [6.07, 6.45) is 0. The molecule has 0 atom stereocenters. The standard InChI is InChI=1S/C9H13N2/c10-6-7-11-8-9-4-2-1-3-5-9/h2-5,11H,6-8,10H2. The molecule has 0 saturated carbocycles. The number of nitrogens with one attached hydrogen (secondary N) is 1. The minimum atomic E-state index is 0.693. The minimum Gasteiger partial charge on any atom is -0.329 e. The van der Waals surface area contributed by atoms with Gasteiger partial charge in [-0.05, 0) is 11.6 Å². The van der Waals surface area contributed by atoms with Gasteiger partial charge in [-0.1, -0.05) is 24.3 Å². The Hall–Kier alpha value is -0.860. The van der Waals surface area contributed by atoms with Crippen molar-refractivity contribution in [1.29, 1.82) is 0 Å². The molecule has 0 spiro atoms. The summed E-state index contributed by atoms with van der Waals surface area (Å²) in [4.78, 5) is 0. The van der Waals surface area contributed by atoms with E-state index in [1.807, 2.05) is 24.3 Å². The van der Waals surface area contributed by atoms with Crippen LogP contribution >= 0.6 is 0 Å². The second kappa shape index (κ2) is 4.88. The molecule has 0 aliphatic rings. The Morgan fingerprint density at radius 3 is 2.73 bits per heavy atom. The van der Waals surface area contributed by atoms with E-state index in [-0.39, 0.29) is 0 Å². The maximum Gasteiger partial charge on any atom is 0.0206 e. The predicted octanol–water partition coefficient (Wildman–Crippen LogP) is 0.535. The van der Waals surface area contributed by atoms with Crippen LogP contribution in [0.5, 0.6) is 0 Å². The molecule has 1 aromatic carbocycles. The maximum absolute atomic E-state index is 5.32. The van der Waals surface area contributed by atoms with Crippen molar-refractivity contribution in [1.82, 2.24) is 5.32 Å². The highest BCUT2D eigenvalue weighted by Gasteiger charge is 1.87. The molecule has 59 valence electrons. The topological polar surface area (TPSA) is 38.0 Å². The van der Waals surface area contributed by atoms with Gasteiger partial charge in [-0.3, -0.25) is 0 Å². The van der Waals surface area contributed by atoms with Crippen LogP contribution in [0.2, 0.25) is 0 Å². The molecule has 2 nitrogen and oxygen atoms in total. The van der Waals surface area contributed by atoms with E-state index in [4.69, 9.17) is 5.73 Å². The van der Waals surface area contributed by atoms with Crippen LogP contribution in [0, 0.1) is 6.07 Å². The summed E-state index contributed by atoms with van der Waals surface area (Å²) in [5, 5.41) is 3.21. The molecule has 0 aromatic heterocycles. The average Bonchev–Trinajstić information content (AvgIpc) is 2.07. The highest BCUT2D eigenvalue weighted by atomic mass is 14.9. The van der Waals surface area contributed by atoms with Gasteiger partial charge in [0, 0.05) is 19.6 Å². The van der Waals surface area contributed by atoms with E-state index < -0.39 is 0 Å². The number of hydrogen-bond acceptors (Lipinski definition) is 2. The lowest BCUT2D eigenvalue weighted by Crippen LogP contribution is -2.21. The number of rotatable bonds is 4. The van der Waals surface area contributed by atoms with Gasteiger partial charge in [-0.25, -0.2) is 0 Å². The largest absolute Gasteiger partial charge is 0.329 e. The molecule has 0 aliphatic heterocycles. The van der Waals surface area contributed by atoms with Crippen LogP contribution < -0.4 is 11.1 Å². The maximum atomic E-state index is 5.32. The Kier molecular flexibility index (Phi) is 3.65. The van der Waals surface area contributed by atoms with Gasteiger partial charge in [0.25, 0.3) is 0 Å². The SMILES string of the molecule is NCCNCc1cc[c]cc1. The molecular weight excluding hydrogens is 136 g/mol. The minimum absolute atomic E-state index is 0.693. The van der Waals surface area contributed by atoms with Gasteiger partial charge in [0.05, 0.1) is 0 Å². The third kappa shape index (κ3) is 3.16. The summed E-state index contributed by atoms with van der Waals surface area (Å²) < 4.78 is 0. The molecule has 2 heteroatoms. The average molecular weight is 149 g/mol. The fourth-order valence-corrected chi connectivity index (χ4v) is 0.874. The van der Waals surface area contributed by atoms with Crippen LogP contribution in [0.3, 0.4) is 0 Å². The smallest absolute Gasteiger partial charge is 0.0206 e. The highest BCUT2D eigenvalue weighted by molar-refractivity contribution is 5.13. The Labute approximate surface area is 67.4 Å². The van der Waals surface area contributed by atoms with Crippen molar-refractivity contribution in [2.24, 2.45) is 5.73 Å². The summed E-state index contributed by atoms with van der Waals surface area (Å²) in [6.45, 7) is 2.46. The zero-order chi connectivity index (χ0) is 7.94. The van der Waals surface area contributed by atoms with Gasteiger partial charge in [-0.15, -0.1) is 0 Å². The molecule has 0 bridgehead atoms. The zero-order valence-electron chi connectivity index (χ0n) is 6.51. The summed E-state index contributed by atoms with van der Waals surface area (Å²) in [5.41, 5.74) is 6.60. The second-order valence-corrected chi connectivity index (χ2v) is 2.37. The predicted molar refractivity (Wildman–Crippen MR) is 46.0 cm³/mol. The van der Waals surface area contributed by atoms with Crippen molar-refractivity contribution >= 4 is 0 Å². The molecule has 0 unspecified atom stereocenters. The molecular formula is C9H13N2. The van der Waals surface area contributed by atoms with Crippen LogP contribution in [0.25, 0.3) is 0 Å². The number of hydrogen-bond donors (Lipinski definition) is 2. The summed E-state index contributed by atoms with van der Waals surface area (Å²) in [7, 11) is 0. The quantitative estimate of drug-likeness (QED) is 0.613. The van der Waals surface area contributed by atoms with Crippen LogP contribution in [0.1, 0.15) is 5.56 Å². The van der Waals surface area contributed by atoms with Gasteiger partial charge >= 0.3 is 0 Å². The molecule has 0 saturated heterocycles. The lowest BCUT2D eigenvalue weighted by atomic mass is 10.2. The van der Waals surface area contributed by atoms with Gasteiger partial charge in [0.15, 0.2) is 0 Å². The van der Waals surface area contributed by atoms with E-state index in [0.717, 1.165) is 13.1 Å². The van der Waals surface area contributed by atoms with Crippen LogP contribution in [0.15, 0.2) is 24.3 Å². The van der Waals surface area contributed by atoms with Gasteiger partial charge < -0.3 is 11.1 Å². The number of benzene rings is 1. The van der Waals surface area contributed by atoms with Crippen molar-refractivity contribution in [2.45, 2.75) is 6.54 Å². The summed E-state index contributed by atoms with van der Waals surface area (Å²) in [5.74, 6) is 0.